The van der Waals surface area contributed by atoms with Gasteiger partial charge in [0.1, 0.15) is 5.76 Å². The molecule has 2 rings (SSSR count). The van der Waals surface area contributed by atoms with Gasteiger partial charge in [0.05, 0.1) is 12.2 Å². The molecule has 0 spiro atoms. The zero-order valence-electron chi connectivity index (χ0n) is 13.2. The second-order valence-corrected chi connectivity index (χ2v) is 5.22. The third kappa shape index (κ3) is 4.66. The van der Waals surface area contributed by atoms with Gasteiger partial charge in [0.15, 0.2) is 6.10 Å². The molecule has 1 aliphatic carbocycles. The van der Waals surface area contributed by atoms with E-state index in [0.29, 0.717) is 12.2 Å². The summed E-state index contributed by atoms with van der Waals surface area (Å²) in [7, 11) is 0. The van der Waals surface area contributed by atoms with Crippen LogP contribution in [0, 0.1) is 11.8 Å². The minimum atomic E-state index is -0.252. The maximum absolute atomic E-state index is 12.0. The van der Waals surface area contributed by atoms with Crippen molar-refractivity contribution in [1.82, 2.24) is 0 Å². The maximum Gasteiger partial charge on any atom is 0.337 e. The third-order valence-corrected chi connectivity index (χ3v) is 3.45. The summed E-state index contributed by atoms with van der Waals surface area (Å²) in [6, 6.07) is 9.80. The summed E-state index contributed by atoms with van der Waals surface area (Å²) < 4.78 is 11.0. The van der Waals surface area contributed by atoms with Gasteiger partial charge in [0, 0.05) is 12.0 Å². The molecule has 0 heterocycles. The molecule has 0 saturated carbocycles. The lowest BCUT2D eigenvalue weighted by Gasteiger charge is -2.21. The lowest BCUT2D eigenvalue weighted by atomic mass is 9.97. The molecular formula is C19H22O3. The van der Waals surface area contributed by atoms with Crippen molar-refractivity contribution in [2.75, 3.05) is 6.61 Å². The first-order valence-corrected chi connectivity index (χ1v) is 7.83. The molecule has 3 heteroatoms. The number of rotatable bonds is 4. The number of allylic oxidation sites excluding steroid dienone is 1. The first-order chi connectivity index (χ1) is 10.7. The van der Waals surface area contributed by atoms with Crippen molar-refractivity contribution in [3.63, 3.8) is 0 Å². The highest BCUT2D eigenvalue weighted by Crippen LogP contribution is 2.27. The van der Waals surface area contributed by atoms with Crippen LogP contribution in [0.1, 0.15) is 45.1 Å². The molecule has 0 radical (unpaired) electrons. The van der Waals surface area contributed by atoms with E-state index in [-0.39, 0.29) is 12.1 Å². The van der Waals surface area contributed by atoms with Crippen molar-refractivity contribution in [1.29, 1.82) is 0 Å². The summed E-state index contributed by atoms with van der Waals surface area (Å²) in [5.74, 6) is 6.67. The predicted octanol–water partition coefficient (Wildman–Crippen LogP) is 3.83. The van der Waals surface area contributed by atoms with Crippen LogP contribution in [0.5, 0.6) is 0 Å². The second kappa shape index (κ2) is 8.29. The van der Waals surface area contributed by atoms with E-state index in [2.05, 4.69) is 11.8 Å². The monoisotopic (exact) mass is 298 g/mol. The first-order valence-electron chi connectivity index (χ1n) is 7.83. The maximum atomic E-state index is 12.0. The highest BCUT2D eigenvalue weighted by Gasteiger charge is 2.22. The molecule has 1 aromatic carbocycles. The topological polar surface area (TPSA) is 35.5 Å². The van der Waals surface area contributed by atoms with E-state index in [1.165, 1.54) is 0 Å². The van der Waals surface area contributed by atoms with E-state index in [9.17, 15) is 4.79 Å². The summed E-state index contributed by atoms with van der Waals surface area (Å²) in [6.45, 7) is 4.11. The Morgan fingerprint density at radius 3 is 2.68 bits per heavy atom. The zero-order chi connectivity index (χ0) is 15.8. The van der Waals surface area contributed by atoms with Crippen LogP contribution in [0.25, 0.3) is 0 Å². The molecule has 0 N–H and O–H groups in total. The van der Waals surface area contributed by atoms with Crippen LogP contribution in [-0.4, -0.2) is 18.7 Å². The fraction of sp³-hybridized carbons (Fsp3) is 0.421. The third-order valence-electron chi connectivity index (χ3n) is 3.45. The van der Waals surface area contributed by atoms with Crippen LogP contribution in [0.3, 0.4) is 0 Å². The van der Waals surface area contributed by atoms with Gasteiger partial charge in [-0.25, -0.2) is 4.79 Å². The fourth-order valence-corrected chi connectivity index (χ4v) is 2.39. The molecule has 116 valence electrons. The first kappa shape index (κ1) is 16.2. The molecule has 0 aromatic heterocycles. The van der Waals surface area contributed by atoms with Crippen molar-refractivity contribution in [2.24, 2.45) is 0 Å². The summed E-state index contributed by atoms with van der Waals surface area (Å²) >= 11 is 0. The number of ether oxygens (including phenoxy) is 2. The second-order valence-electron chi connectivity index (χ2n) is 5.22. The van der Waals surface area contributed by atoms with E-state index >= 15 is 0 Å². The van der Waals surface area contributed by atoms with E-state index < -0.39 is 0 Å². The summed E-state index contributed by atoms with van der Waals surface area (Å²) in [5.41, 5.74) is 1.64. The number of hydrogen-bond acceptors (Lipinski definition) is 3. The van der Waals surface area contributed by atoms with Crippen LogP contribution in [0.15, 0.2) is 41.7 Å². The van der Waals surface area contributed by atoms with Gasteiger partial charge >= 0.3 is 5.97 Å². The highest BCUT2D eigenvalue weighted by molar-refractivity contribution is 5.89. The van der Waals surface area contributed by atoms with Gasteiger partial charge < -0.3 is 9.47 Å². The number of hydrogen-bond donors (Lipinski definition) is 0. The molecule has 0 unspecified atom stereocenters. The molecule has 1 aliphatic rings. The number of benzene rings is 1. The van der Waals surface area contributed by atoms with Gasteiger partial charge in [-0.05, 0) is 45.2 Å². The Kier molecular flexibility index (Phi) is 6.09. The number of esters is 1. The van der Waals surface area contributed by atoms with Crippen molar-refractivity contribution in [2.45, 2.75) is 45.6 Å². The SMILES string of the molecule is CCOC(=O)C1=C(O[C@@H](C)C#Cc2ccccc2)CCCC1. The Hall–Kier alpha value is -2.21. The van der Waals surface area contributed by atoms with Crippen LogP contribution < -0.4 is 0 Å². The molecule has 0 saturated heterocycles. The highest BCUT2D eigenvalue weighted by atomic mass is 16.5. The Morgan fingerprint density at radius 1 is 1.23 bits per heavy atom. The normalized spacial score (nSPS) is 15.5. The lowest BCUT2D eigenvalue weighted by molar-refractivity contribution is -0.139. The quantitative estimate of drug-likeness (QED) is 0.626. The number of carbonyl (C=O) groups excluding carboxylic acids is 1. The predicted molar refractivity (Wildman–Crippen MR) is 86.0 cm³/mol. The average molecular weight is 298 g/mol. The molecule has 0 fully saturated rings. The molecule has 1 atom stereocenters. The standard InChI is InChI=1S/C19H22O3/c1-3-21-19(20)17-11-7-8-12-18(17)22-15(2)13-14-16-9-5-4-6-10-16/h4-6,9-10,15H,3,7-8,11-12H2,1-2H3/t15-/m0/s1. The summed E-state index contributed by atoms with van der Waals surface area (Å²) in [6.07, 6.45) is 3.30. The zero-order valence-corrected chi connectivity index (χ0v) is 13.2. The van der Waals surface area contributed by atoms with Gasteiger partial charge in [-0.3, -0.25) is 0 Å². The molecule has 3 nitrogen and oxygen atoms in total. The molecule has 1 aromatic rings. The van der Waals surface area contributed by atoms with Crippen LogP contribution >= 0.6 is 0 Å². The van der Waals surface area contributed by atoms with Gasteiger partial charge in [-0.2, -0.15) is 0 Å². The van der Waals surface area contributed by atoms with E-state index in [1.54, 1.807) is 0 Å². The van der Waals surface area contributed by atoms with Crippen molar-refractivity contribution in [3.8, 4) is 11.8 Å². The van der Waals surface area contributed by atoms with Crippen LogP contribution in [0.2, 0.25) is 0 Å². The van der Waals surface area contributed by atoms with Gasteiger partial charge in [0.25, 0.3) is 0 Å². The molecule has 0 aliphatic heterocycles. The van der Waals surface area contributed by atoms with E-state index in [4.69, 9.17) is 9.47 Å². The molecule has 0 amide bonds. The van der Waals surface area contributed by atoms with Crippen LogP contribution in [0.4, 0.5) is 0 Å². The van der Waals surface area contributed by atoms with Crippen LogP contribution in [-0.2, 0) is 14.3 Å². The van der Waals surface area contributed by atoms with Gasteiger partial charge in [-0.15, -0.1) is 0 Å². The number of carbonyl (C=O) groups is 1. The summed E-state index contributed by atoms with van der Waals surface area (Å²) in [5, 5.41) is 0. The minimum Gasteiger partial charge on any atom is -0.482 e. The Labute approximate surface area is 132 Å². The Bertz CT molecular complexity index is 590. The van der Waals surface area contributed by atoms with E-state index in [1.807, 2.05) is 44.2 Å². The smallest absolute Gasteiger partial charge is 0.337 e. The van der Waals surface area contributed by atoms with Gasteiger partial charge in [-0.1, -0.05) is 30.0 Å². The average Bonchev–Trinajstić information content (AvgIpc) is 2.54. The summed E-state index contributed by atoms with van der Waals surface area (Å²) in [4.78, 5) is 12.0. The molecule has 22 heavy (non-hydrogen) atoms. The van der Waals surface area contributed by atoms with Crippen molar-refractivity contribution < 1.29 is 14.3 Å². The van der Waals surface area contributed by atoms with E-state index in [0.717, 1.165) is 37.0 Å². The minimum absolute atomic E-state index is 0.250. The fourth-order valence-electron chi connectivity index (χ4n) is 2.39. The van der Waals surface area contributed by atoms with Crippen molar-refractivity contribution >= 4 is 5.97 Å². The van der Waals surface area contributed by atoms with Gasteiger partial charge in [0.2, 0.25) is 0 Å². The van der Waals surface area contributed by atoms with Crippen molar-refractivity contribution in [3.05, 3.63) is 47.2 Å². The molecular weight excluding hydrogens is 276 g/mol. The largest absolute Gasteiger partial charge is 0.482 e. The molecule has 0 bridgehead atoms. The Balaban J connectivity index is 2.06. The lowest BCUT2D eigenvalue weighted by Crippen LogP contribution is -2.17. The Morgan fingerprint density at radius 2 is 1.95 bits per heavy atom.